The highest BCUT2D eigenvalue weighted by molar-refractivity contribution is 6.05. The number of pyridine rings is 1. The molecule has 0 unspecified atom stereocenters. The number of carbonyl (C=O) groups is 1. The predicted octanol–water partition coefficient (Wildman–Crippen LogP) is 2.16. The highest BCUT2D eigenvalue weighted by Gasteiger charge is 2.17. The number of hydrogen-bond donors (Lipinski definition) is 1. The van der Waals surface area contributed by atoms with Crippen molar-refractivity contribution in [3.05, 3.63) is 65.5 Å². The zero-order valence-corrected chi connectivity index (χ0v) is 10.3. The van der Waals surface area contributed by atoms with Crippen molar-refractivity contribution in [1.82, 2.24) is 10.4 Å². The molecule has 4 heteroatoms. The molecule has 1 amide bonds. The van der Waals surface area contributed by atoms with Gasteiger partial charge in [0, 0.05) is 11.8 Å². The summed E-state index contributed by atoms with van der Waals surface area (Å²) in [6.45, 7) is 0. The molecule has 19 heavy (non-hydrogen) atoms. The lowest BCUT2D eigenvalue weighted by molar-refractivity contribution is 0.0950. The predicted molar refractivity (Wildman–Crippen MR) is 73.0 cm³/mol. The van der Waals surface area contributed by atoms with Gasteiger partial charge in [0.1, 0.15) is 5.69 Å². The zero-order chi connectivity index (χ0) is 13.1. The van der Waals surface area contributed by atoms with Gasteiger partial charge in [0.15, 0.2) is 0 Å². The number of hydrazone groups is 1. The minimum absolute atomic E-state index is 0.280. The normalized spacial score (nSPS) is 15.3. The van der Waals surface area contributed by atoms with Crippen LogP contribution in [0.25, 0.3) is 0 Å². The minimum atomic E-state index is -0.280. The Bertz CT molecular complexity index is 635. The number of hydrogen-bond acceptors (Lipinski definition) is 3. The molecule has 0 radical (unpaired) electrons. The van der Waals surface area contributed by atoms with Gasteiger partial charge in [0.25, 0.3) is 5.91 Å². The van der Waals surface area contributed by atoms with Crippen molar-refractivity contribution in [2.45, 2.75) is 12.8 Å². The van der Waals surface area contributed by atoms with Crippen molar-refractivity contribution in [1.29, 1.82) is 0 Å². The van der Waals surface area contributed by atoms with Gasteiger partial charge in [-0.05, 0) is 30.5 Å². The lowest BCUT2D eigenvalue weighted by atomic mass is 10.1. The molecule has 2 aromatic rings. The summed E-state index contributed by atoms with van der Waals surface area (Å²) >= 11 is 0. The number of fused-ring (bicyclic) bond motifs is 1. The van der Waals surface area contributed by atoms with Crippen LogP contribution in [0.1, 0.15) is 28.0 Å². The summed E-state index contributed by atoms with van der Waals surface area (Å²) in [5.41, 5.74) is 6.29. The standard InChI is InChI=1S/C15H13N3O/c19-15(14-7-3-4-10-16-14)18-17-13-9-8-11-5-1-2-6-12(11)13/h1-7,10H,8-9H2,(H,18,19)/b17-13+. The van der Waals surface area contributed by atoms with Crippen molar-refractivity contribution in [3.63, 3.8) is 0 Å². The fourth-order valence-electron chi connectivity index (χ4n) is 2.20. The number of nitrogens with zero attached hydrogens (tertiary/aromatic N) is 2. The molecular weight excluding hydrogens is 238 g/mol. The lowest BCUT2D eigenvalue weighted by Crippen LogP contribution is -2.20. The molecule has 0 spiro atoms. The zero-order valence-electron chi connectivity index (χ0n) is 10.3. The van der Waals surface area contributed by atoms with E-state index < -0.39 is 0 Å². The first-order valence-electron chi connectivity index (χ1n) is 6.21. The maximum absolute atomic E-state index is 11.8. The number of aromatic nitrogens is 1. The van der Waals surface area contributed by atoms with E-state index in [4.69, 9.17) is 0 Å². The fraction of sp³-hybridized carbons (Fsp3) is 0.133. The third-order valence-electron chi connectivity index (χ3n) is 3.15. The third-order valence-corrected chi connectivity index (χ3v) is 3.15. The summed E-state index contributed by atoms with van der Waals surface area (Å²) in [5.74, 6) is -0.280. The number of aryl methyl sites for hydroxylation is 1. The van der Waals surface area contributed by atoms with Gasteiger partial charge in [-0.15, -0.1) is 0 Å². The Balaban J connectivity index is 1.77. The van der Waals surface area contributed by atoms with Crippen LogP contribution >= 0.6 is 0 Å². The molecule has 0 saturated carbocycles. The highest BCUT2D eigenvalue weighted by Crippen LogP contribution is 2.21. The van der Waals surface area contributed by atoms with Gasteiger partial charge in [-0.2, -0.15) is 5.10 Å². The van der Waals surface area contributed by atoms with E-state index in [2.05, 4.69) is 21.6 Å². The second-order valence-electron chi connectivity index (χ2n) is 4.37. The molecule has 1 aliphatic rings. The van der Waals surface area contributed by atoms with Crippen molar-refractivity contribution in [2.75, 3.05) is 0 Å². The molecule has 0 fully saturated rings. The maximum atomic E-state index is 11.8. The van der Waals surface area contributed by atoms with Gasteiger partial charge < -0.3 is 0 Å². The third kappa shape index (κ3) is 2.38. The number of carbonyl (C=O) groups excluding carboxylic acids is 1. The quantitative estimate of drug-likeness (QED) is 0.831. The van der Waals surface area contributed by atoms with E-state index in [1.807, 2.05) is 18.2 Å². The van der Waals surface area contributed by atoms with Crippen LogP contribution in [0.3, 0.4) is 0 Å². The van der Waals surface area contributed by atoms with Crippen molar-refractivity contribution < 1.29 is 4.79 Å². The molecule has 1 N–H and O–H groups in total. The molecule has 1 aliphatic carbocycles. The van der Waals surface area contributed by atoms with E-state index in [0.29, 0.717) is 5.69 Å². The smallest absolute Gasteiger partial charge is 0.266 e. The first kappa shape index (κ1) is 11.6. The largest absolute Gasteiger partial charge is 0.289 e. The van der Waals surface area contributed by atoms with Crippen LogP contribution in [-0.4, -0.2) is 16.6 Å². The number of rotatable bonds is 2. The highest BCUT2D eigenvalue weighted by atomic mass is 16.2. The summed E-state index contributed by atoms with van der Waals surface area (Å²) in [7, 11) is 0. The van der Waals surface area contributed by atoms with Gasteiger partial charge in [0.2, 0.25) is 0 Å². The van der Waals surface area contributed by atoms with E-state index in [-0.39, 0.29) is 5.91 Å². The average Bonchev–Trinajstić information content (AvgIpc) is 2.89. The summed E-state index contributed by atoms with van der Waals surface area (Å²) in [5, 5.41) is 4.22. The maximum Gasteiger partial charge on any atom is 0.289 e. The van der Waals surface area contributed by atoms with E-state index in [1.54, 1.807) is 24.4 Å². The lowest BCUT2D eigenvalue weighted by Gasteiger charge is -2.01. The summed E-state index contributed by atoms with van der Waals surface area (Å²) in [6.07, 6.45) is 3.43. The molecule has 0 atom stereocenters. The average molecular weight is 251 g/mol. The van der Waals surface area contributed by atoms with E-state index in [0.717, 1.165) is 24.1 Å². The summed E-state index contributed by atoms with van der Waals surface area (Å²) in [6, 6.07) is 13.4. The van der Waals surface area contributed by atoms with E-state index in [1.165, 1.54) is 5.56 Å². The second-order valence-corrected chi connectivity index (χ2v) is 4.37. The monoisotopic (exact) mass is 251 g/mol. The molecule has 1 aromatic heterocycles. The first-order valence-corrected chi connectivity index (χ1v) is 6.21. The Morgan fingerprint density at radius 2 is 1.95 bits per heavy atom. The van der Waals surface area contributed by atoms with Crippen molar-refractivity contribution in [3.8, 4) is 0 Å². The molecule has 0 aliphatic heterocycles. The van der Waals surface area contributed by atoms with Gasteiger partial charge in [-0.25, -0.2) is 5.43 Å². The minimum Gasteiger partial charge on any atom is -0.266 e. The Kier molecular flexibility index (Phi) is 3.06. The first-order chi connectivity index (χ1) is 9.34. The van der Waals surface area contributed by atoms with Gasteiger partial charge in [-0.1, -0.05) is 30.3 Å². The molecule has 94 valence electrons. The van der Waals surface area contributed by atoms with Crippen LogP contribution in [-0.2, 0) is 6.42 Å². The Labute approximate surface area is 111 Å². The fourth-order valence-corrected chi connectivity index (χ4v) is 2.20. The van der Waals surface area contributed by atoms with Gasteiger partial charge in [-0.3, -0.25) is 9.78 Å². The molecule has 3 rings (SSSR count). The molecule has 1 aromatic carbocycles. The van der Waals surface area contributed by atoms with Gasteiger partial charge in [0.05, 0.1) is 5.71 Å². The number of benzene rings is 1. The van der Waals surface area contributed by atoms with E-state index >= 15 is 0 Å². The molecule has 1 heterocycles. The topological polar surface area (TPSA) is 54.4 Å². The van der Waals surface area contributed by atoms with Crippen LogP contribution in [0.15, 0.2) is 53.8 Å². The Hall–Kier alpha value is -2.49. The molecule has 0 saturated heterocycles. The van der Waals surface area contributed by atoms with Crippen molar-refractivity contribution >= 4 is 11.6 Å². The van der Waals surface area contributed by atoms with Crippen LogP contribution in [0, 0.1) is 0 Å². The van der Waals surface area contributed by atoms with Crippen LogP contribution in [0.4, 0.5) is 0 Å². The molecule has 4 nitrogen and oxygen atoms in total. The molecular formula is C15H13N3O. The van der Waals surface area contributed by atoms with Crippen LogP contribution < -0.4 is 5.43 Å². The second kappa shape index (κ2) is 5.02. The Morgan fingerprint density at radius 1 is 1.11 bits per heavy atom. The van der Waals surface area contributed by atoms with Crippen LogP contribution in [0.2, 0.25) is 0 Å². The van der Waals surface area contributed by atoms with E-state index in [9.17, 15) is 4.79 Å². The summed E-state index contributed by atoms with van der Waals surface area (Å²) in [4.78, 5) is 15.8. The van der Waals surface area contributed by atoms with Gasteiger partial charge >= 0.3 is 0 Å². The number of amides is 1. The summed E-state index contributed by atoms with van der Waals surface area (Å²) < 4.78 is 0. The molecule has 0 bridgehead atoms. The Morgan fingerprint density at radius 3 is 2.79 bits per heavy atom. The van der Waals surface area contributed by atoms with Crippen LogP contribution in [0.5, 0.6) is 0 Å². The SMILES string of the molecule is O=C(N/N=C1\CCc2ccccc21)c1ccccn1. The number of nitrogens with one attached hydrogen (secondary N) is 1. The van der Waals surface area contributed by atoms with Crippen molar-refractivity contribution in [2.24, 2.45) is 5.10 Å².